The summed E-state index contributed by atoms with van der Waals surface area (Å²) in [7, 11) is 1.46. The molecule has 3 rings (SSSR count). The summed E-state index contributed by atoms with van der Waals surface area (Å²) in [5, 5.41) is 41.6. The van der Waals surface area contributed by atoms with Crippen LogP contribution in [0.2, 0.25) is 0 Å². The highest BCUT2D eigenvalue weighted by atomic mass is 16.5. The minimum absolute atomic E-state index is 0.0698. The summed E-state index contributed by atoms with van der Waals surface area (Å²) in [6.45, 7) is 1.55. The van der Waals surface area contributed by atoms with Gasteiger partial charge in [-0.25, -0.2) is 0 Å². The lowest BCUT2D eigenvalue weighted by Crippen LogP contribution is -2.41. The van der Waals surface area contributed by atoms with Gasteiger partial charge >= 0.3 is 0 Å². The monoisotopic (exact) mass is 332 g/mol. The van der Waals surface area contributed by atoms with Gasteiger partial charge in [-0.2, -0.15) is 0 Å². The van der Waals surface area contributed by atoms with Crippen molar-refractivity contribution >= 4 is 16.6 Å². The molecule has 0 spiro atoms. The van der Waals surface area contributed by atoms with Gasteiger partial charge in [0.15, 0.2) is 5.78 Å². The first-order valence-electron chi connectivity index (χ1n) is 7.73. The molecule has 6 nitrogen and oxygen atoms in total. The second-order valence-corrected chi connectivity index (χ2v) is 6.56. The number of aliphatic hydroxyl groups excluding tert-OH is 1. The van der Waals surface area contributed by atoms with Gasteiger partial charge in [-0.05, 0) is 30.0 Å². The van der Waals surface area contributed by atoms with E-state index in [2.05, 4.69) is 0 Å². The second-order valence-electron chi connectivity index (χ2n) is 6.56. The van der Waals surface area contributed by atoms with Crippen molar-refractivity contribution in [2.75, 3.05) is 7.11 Å². The summed E-state index contributed by atoms with van der Waals surface area (Å²) < 4.78 is 5.11. The van der Waals surface area contributed by atoms with Crippen molar-refractivity contribution in [2.45, 2.75) is 37.9 Å². The number of ketones is 1. The van der Waals surface area contributed by atoms with Crippen LogP contribution in [0.4, 0.5) is 0 Å². The largest absolute Gasteiger partial charge is 0.507 e. The highest BCUT2D eigenvalue weighted by Crippen LogP contribution is 2.44. The molecule has 0 saturated carbocycles. The molecule has 24 heavy (non-hydrogen) atoms. The van der Waals surface area contributed by atoms with E-state index in [4.69, 9.17) is 4.74 Å². The average molecular weight is 332 g/mol. The first-order chi connectivity index (χ1) is 11.2. The van der Waals surface area contributed by atoms with Crippen molar-refractivity contribution in [1.82, 2.24) is 0 Å². The van der Waals surface area contributed by atoms with E-state index < -0.39 is 17.5 Å². The van der Waals surface area contributed by atoms with Gasteiger partial charge in [0.25, 0.3) is 0 Å². The number of phenols is 2. The fraction of sp³-hybridized carbons (Fsp3) is 0.389. The first kappa shape index (κ1) is 16.5. The number of fused-ring (bicyclic) bond motifs is 2. The van der Waals surface area contributed by atoms with Crippen LogP contribution in [-0.2, 0) is 6.42 Å². The van der Waals surface area contributed by atoms with Crippen molar-refractivity contribution in [3.63, 3.8) is 0 Å². The van der Waals surface area contributed by atoms with Gasteiger partial charge in [0.2, 0.25) is 0 Å². The van der Waals surface area contributed by atoms with E-state index in [-0.39, 0.29) is 41.7 Å². The lowest BCUT2D eigenvalue weighted by Gasteiger charge is -2.34. The molecule has 2 unspecified atom stereocenters. The summed E-state index contributed by atoms with van der Waals surface area (Å²) in [5.41, 5.74) is -0.732. The molecule has 2 aromatic carbocycles. The van der Waals surface area contributed by atoms with E-state index in [1.165, 1.54) is 13.2 Å². The molecule has 0 bridgehead atoms. The third-order valence-corrected chi connectivity index (χ3v) is 4.45. The number of Topliss-reactive ketones (excluding diaryl/α,β-unsaturated/α-hetero) is 1. The lowest BCUT2D eigenvalue weighted by molar-refractivity contribution is -0.0113. The molecule has 0 heterocycles. The SMILES string of the molecule is COc1cc(O)c2c(O)c3c(cc2c1)CC(O)(CC(C)O)CC3=O. The maximum atomic E-state index is 12.5. The van der Waals surface area contributed by atoms with Gasteiger partial charge in [-0.1, -0.05) is 0 Å². The number of methoxy groups -OCH3 is 1. The van der Waals surface area contributed by atoms with Crippen LogP contribution in [-0.4, -0.2) is 45.0 Å². The predicted octanol–water partition coefficient (Wildman–Crippen LogP) is 1.89. The third-order valence-electron chi connectivity index (χ3n) is 4.45. The van der Waals surface area contributed by atoms with E-state index in [0.29, 0.717) is 16.7 Å². The molecule has 0 saturated heterocycles. The van der Waals surface area contributed by atoms with E-state index in [0.717, 1.165) is 0 Å². The Labute approximate surface area is 138 Å². The summed E-state index contributed by atoms with van der Waals surface area (Å²) in [4.78, 5) is 12.5. The van der Waals surface area contributed by atoms with Crippen molar-refractivity contribution in [3.05, 3.63) is 29.3 Å². The first-order valence-corrected chi connectivity index (χ1v) is 7.73. The molecule has 0 radical (unpaired) electrons. The highest BCUT2D eigenvalue weighted by molar-refractivity contribution is 6.09. The van der Waals surface area contributed by atoms with Crippen LogP contribution in [0.1, 0.15) is 35.7 Å². The van der Waals surface area contributed by atoms with Crippen LogP contribution in [0.15, 0.2) is 18.2 Å². The topological polar surface area (TPSA) is 107 Å². The molecular formula is C18H20O6. The number of aliphatic hydroxyl groups is 2. The molecule has 2 atom stereocenters. The summed E-state index contributed by atoms with van der Waals surface area (Å²) >= 11 is 0. The summed E-state index contributed by atoms with van der Waals surface area (Å²) in [6, 6.07) is 4.67. The van der Waals surface area contributed by atoms with E-state index in [9.17, 15) is 25.2 Å². The second kappa shape index (κ2) is 5.65. The summed E-state index contributed by atoms with van der Waals surface area (Å²) in [5.74, 6) is -0.455. The zero-order valence-corrected chi connectivity index (χ0v) is 13.5. The number of hydrogen-bond donors (Lipinski definition) is 4. The smallest absolute Gasteiger partial charge is 0.169 e. The number of carbonyl (C=O) groups is 1. The van der Waals surface area contributed by atoms with Gasteiger partial charge in [0.05, 0.1) is 29.8 Å². The van der Waals surface area contributed by atoms with Crippen LogP contribution in [0.25, 0.3) is 10.8 Å². The van der Waals surface area contributed by atoms with Gasteiger partial charge in [0, 0.05) is 25.3 Å². The molecule has 128 valence electrons. The standard InChI is InChI=1S/C18H20O6/c1-9(19)6-18(23)7-11-3-10-4-12(24-2)5-13(20)15(10)17(22)16(11)14(21)8-18/h3-5,9,19-20,22-23H,6-8H2,1-2H3. The van der Waals surface area contributed by atoms with Crippen LogP contribution >= 0.6 is 0 Å². The van der Waals surface area contributed by atoms with E-state index in [1.54, 1.807) is 19.1 Å². The number of benzene rings is 2. The fourth-order valence-electron chi connectivity index (χ4n) is 3.60. The molecule has 1 aliphatic carbocycles. The summed E-state index contributed by atoms with van der Waals surface area (Å²) in [6.07, 6.45) is -0.718. The molecule has 2 aromatic rings. The molecule has 1 aliphatic rings. The van der Waals surface area contributed by atoms with Crippen molar-refractivity contribution < 1.29 is 30.0 Å². The molecule has 6 heteroatoms. The number of ether oxygens (including phenoxy) is 1. The van der Waals surface area contributed by atoms with Crippen molar-refractivity contribution in [2.24, 2.45) is 0 Å². The number of rotatable bonds is 3. The van der Waals surface area contributed by atoms with Gasteiger partial charge in [-0.3, -0.25) is 4.79 Å². The van der Waals surface area contributed by atoms with E-state index in [1.807, 2.05) is 0 Å². The van der Waals surface area contributed by atoms with Crippen molar-refractivity contribution in [1.29, 1.82) is 0 Å². The van der Waals surface area contributed by atoms with Crippen LogP contribution in [0.5, 0.6) is 17.2 Å². The number of hydrogen-bond acceptors (Lipinski definition) is 6. The fourth-order valence-corrected chi connectivity index (χ4v) is 3.60. The predicted molar refractivity (Wildman–Crippen MR) is 87.7 cm³/mol. The maximum absolute atomic E-state index is 12.5. The minimum atomic E-state index is -1.35. The van der Waals surface area contributed by atoms with Gasteiger partial charge in [-0.15, -0.1) is 0 Å². The maximum Gasteiger partial charge on any atom is 0.169 e. The quantitative estimate of drug-likeness (QED) is 0.684. The third kappa shape index (κ3) is 2.68. The van der Waals surface area contributed by atoms with Gasteiger partial charge in [0.1, 0.15) is 17.2 Å². The van der Waals surface area contributed by atoms with Crippen LogP contribution in [0.3, 0.4) is 0 Å². The molecule has 4 N–H and O–H groups in total. The Morgan fingerprint density at radius 1 is 1.25 bits per heavy atom. The lowest BCUT2D eigenvalue weighted by atomic mass is 9.76. The average Bonchev–Trinajstić information content (AvgIpc) is 2.43. The Morgan fingerprint density at radius 3 is 2.58 bits per heavy atom. The van der Waals surface area contributed by atoms with Crippen molar-refractivity contribution in [3.8, 4) is 17.2 Å². The Bertz CT molecular complexity index is 826. The number of aromatic hydroxyl groups is 2. The normalized spacial score (nSPS) is 21.6. The number of carbonyl (C=O) groups excluding carboxylic acids is 1. The van der Waals surface area contributed by atoms with Crippen LogP contribution < -0.4 is 4.74 Å². The Kier molecular flexibility index (Phi) is 3.89. The molecule has 0 aliphatic heterocycles. The molecule has 0 amide bonds. The highest BCUT2D eigenvalue weighted by Gasteiger charge is 2.39. The minimum Gasteiger partial charge on any atom is -0.507 e. The zero-order chi connectivity index (χ0) is 17.6. The Balaban J connectivity index is 2.20. The molecule has 0 aromatic heterocycles. The molecule has 0 fully saturated rings. The Hall–Kier alpha value is -2.31. The molecular weight excluding hydrogens is 312 g/mol. The van der Waals surface area contributed by atoms with E-state index >= 15 is 0 Å². The number of phenolic OH excluding ortho intramolecular Hbond substituents is 2. The van der Waals surface area contributed by atoms with Crippen LogP contribution in [0, 0.1) is 0 Å². The zero-order valence-electron chi connectivity index (χ0n) is 13.5. The van der Waals surface area contributed by atoms with Gasteiger partial charge < -0.3 is 25.2 Å². The Morgan fingerprint density at radius 2 is 1.96 bits per heavy atom.